The summed E-state index contributed by atoms with van der Waals surface area (Å²) in [6.45, 7) is 7.75. The largest absolute Gasteiger partial charge is 0.444 e. The van der Waals surface area contributed by atoms with E-state index in [1.165, 1.54) is 4.90 Å². The lowest BCUT2D eigenvalue weighted by Gasteiger charge is -2.26. The van der Waals surface area contributed by atoms with E-state index in [-0.39, 0.29) is 25.0 Å². The molecule has 1 saturated heterocycles. The number of nitrogens with zero attached hydrogens (tertiary/aromatic N) is 1. The Hall–Kier alpha value is -1.10. The van der Waals surface area contributed by atoms with Gasteiger partial charge in [-0.05, 0) is 27.7 Å². The molecule has 0 aromatic carbocycles. The summed E-state index contributed by atoms with van der Waals surface area (Å²) in [6.07, 6.45) is -0.600. The van der Waals surface area contributed by atoms with Crippen molar-refractivity contribution in [3.63, 3.8) is 0 Å². The summed E-state index contributed by atoms with van der Waals surface area (Å²) in [5.41, 5.74) is -0.545. The maximum absolute atomic E-state index is 11.8. The van der Waals surface area contributed by atoms with Crippen LogP contribution in [0.15, 0.2) is 0 Å². The Labute approximate surface area is 95.7 Å². The Balaban J connectivity index is 2.63. The van der Waals surface area contributed by atoms with Crippen molar-refractivity contribution in [3.05, 3.63) is 0 Å². The topological polar surface area (TPSA) is 55.8 Å². The SMILES string of the molecule is CC1CN(C(=O)OC(C)(C)C)CC(=O)CO1. The second-order valence-corrected chi connectivity index (χ2v) is 5.02. The molecule has 1 rings (SSSR count). The fraction of sp³-hybridized carbons (Fsp3) is 0.818. The quantitative estimate of drug-likeness (QED) is 0.626. The number of hydrogen-bond acceptors (Lipinski definition) is 4. The number of carbonyl (C=O) groups excluding carboxylic acids is 2. The van der Waals surface area contributed by atoms with Crippen molar-refractivity contribution in [1.82, 2.24) is 4.90 Å². The lowest BCUT2D eigenvalue weighted by molar-refractivity contribution is -0.123. The van der Waals surface area contributed by atoms with Crippen LogP contribution in [0.3, 0.4) is 0 Å². The minimum absolute atomic E-state index is 0.0687. The summed E-state index contributed by atoms with van der Waals surface area (Å²) in [4.78, 5) is 24.5. The van der Waals surface area contributed by atoms with E-state index in [0.29, 0.717) is 6.54 Å². The summed E-state index contributed by atoms with van der Waals surface area (Å²) in [6, 6.07) is 0. The van der Waals surface area contributed by atoms with Crippen LogP contribution in [0.1, 0.15) is 27.7 Å². The van der Waals surface area contributed by atoms with Crippen LogP contribution < -0.4 is 0 Å². The highest BCUT2D eigenvalue weighted by atomic mass is 16.6. The molecule has 0 aromatic heterocycles. The zero-order valence-corrected chi connectivity index (χ0v) is 10.3. The first-order chi connectivity index (χ1) is 7.28. The van der Waals surface area contributed by atoms with Gasteiger partial charge in [-0.25, -0.2) is 4.79 Å². The van der Waals surface area contributed by atoms with Crippen LogP contribution in [0.25, 0.3) is 0 Å². The fourth-order valence-corrected chi connectivity index (χ4v) is 1.39. The zero-order valence-electron chi connectivity index (χ0n) is 10.3. The number of hydrogen-bond donors (Lipinski definition) is 0. The van der Waals surface area contributed by atoms with Crippen molar-refractivity contribution in [2.24, 2.45) is 0 Å². The van der Waals surface area contributed by atoms with Gasteiger partial charge in [0, 0.05) is 0 Å². The van der Waals surface area contributed by atoms with Gasteiger partial charge in [0.2, 0.25) is 0 Å². The van der Waals surface area contributed by atoms with Crippen LogP contribution in [0.2, 0.25) is 0 Å². The monoisotopic (exact) mass is 229 g/mol. The van der Waals surface area contributed by atoms with Gasteiger partial charge in [-0.2, -0.15) is 0 Å². The molecule has 1 atom stereocenters. The standard InChI is InChI=1S/C11H19NO4/c1-8-5-12(6-9(13)7-15-8)10(14)16-11(2,3)4/h8H,5-7H2,1-4H3. The van der Waals surface area contributed by atoms with Crippen LogP contribution in [-0.4, -0.2) is 48.2 Å². The highest BCUT2D eigenvalue weighted by Crippen LogP contribution is 2.12. The predicted molar refractivity (Wildman–Crippen MR) is 58.2 cm³/mol. The highest BCUT2D eigenvalue weighted by molar-refractivity contribution is 5.85. The second-order valence-electron chi connectivity index (χ2n) is 5.02. The molecule has 0 aliphatic carbocycles. The fourth-order valence-electron chi connectivity index (χ4n) is 1.39. The summed E-state index contributed by atoms with van der Waals surface area (Å²) in [5, 5.41) is 0. The Morgan fingerprint density at radius 2 is 2.12 bits per heavy atom. The summed E-state index contributed by atoms with van der Waals surface area (Å²) < 4.78 is 10.4. The molecule has 92 valence electrons. The first-order valence-electron chi connectivity index (χ1n) is 5.39. The smallest absolute Gasteiger partial charge is 0.410 e. The van der Waals surface area contributed by atoms with Gasteiger partial charge in [0.25, 0.3) is 0 Å². The van der Waals surface area contributed by atoms with E-state index < -0.39 is 11.7 Å². The van der Waals surface area contributed by atoms with E-state index in [4.69, 9.17) is 9.47 Å². The molecular weight excluding hydrogens is 210 g/mol. The lowest BCUT2D eigenvalue weighted by atomic mass is 10.2. The number of Topliss-reactive ketones (excluding diaryl/α,β-unsaturated/α-hetero) is 1. The van der Waals surface area contributed by atoms with Gasteiger partial charge in [-0.3, -0.25) is 9.69 Å². The first-order valence-corrected chi connectivity index (χ1v) is 5.39. The van der Waals surface area contributed by atoms with Crippen LogP contribution in [0.5, 0.6) is 0 Å². The molecule has 0 spiro atoms. The molecule has 16 heavy (non-hydrogen) atoms. The summed E-state index contributed by atoms with van der Waals surface area (Å²) >= 11 is 0. The normalized spacial score (nSPS) is 22.9. The van der Waals surface area contributed by atoms with Gasteiger partial charge in [0.05, 0.1) is 19.2 Å². The number of carbonyl (C=O) groups is 2. The first kappa shape index (κ1) is 13.0. The minimum Gasteiger partial charge on any atom is -0.444 e. The van der Waals surface area contributed by atoms with Gasteiger partial charge in [0.1, 0.15) is 12.2 Å². The van der Waals surface area contributed by atoms with Crippen LogP contribution in [0.4, 0.5) is 4.79 Å². The van der Waals surface area contributed by atoms with Crippen molar-refractivity contribution in [2.75, 3.05) is 19.7 Å². The van der Waals surface area contributed by atoms with E-state index in [1.807, 2.05) is 6.92 Å². The average Bonchev–Trinajstić information content (AvgIpc) is 2.25. The van der Waals surface area contributed by atoms with Crippen molar-refractivity contribution < 1.29 is 19.1 Å². The van der Waals surface area contributed by atoms with Crippen molar-refractivity contribution in [1.29, 1.82) is 0 Å². The van der Waals surface area contributed by atoms with Gasteiger partial charge in [-0.1, -0.05) is 0 Å². The summed E-state index contributed by atoms with van der Waals surface area (Å²) in [7, 11) is 0. The average molecular weight is 229 g/mol. The maximum atomic E-state index is 11.8. The molecular formula is C11H19NO4. The van der Waals surface area contributed by atoms with Crippen LogP contribution >= 0.6 is 0 Å². The molecule has 5 heteroatoms. The third kappa shape index (κ3) is 4.18. The molecule has 1 heterocycles. The Bertz CT molecular complexity index is 282. The molecule has 0 bridgehead atoms. The van der Waals surface area contributed by atoms with Crippen molar-refractivity contribution >= 4 is 11.9 Å². The Morgan fingerprint density at radius 3 is 2.69 bits per heavy atom. The van der Waals surface area contributed by atoms with Gasteiger partial charge in [-0.15, -0.1) is 0 Å². The van der Waals surface area contributed by atoms with E-state index >= 15 is 0 Å². The van der Waals surface area contributed by atoms with Crippen LogP contribution in [-0.2, 0) is 14.3 Å². The Morgan fingerprint density at radius 1 is 1.50 bits per heavy atom. The minimum atomic E-state index is -0.545. The predicted octanol–water partition coefficient (Wildman–Crippen LogP) is 1.21. The molecule has 1 unspecified atom stereocenters. The molecule has 1 fully saturated rings. The van der Waals surface area contributed by atoms with E-state index in [2.05, 4.69) is 0 Å². The Kier molecular flexibility index (Phi) is 3.91. The molecule has 1 aliphatic rings. The highest BCUT2D eigenvalue weighted by Gasteiger charge is 2.27. The van der Waals surface area contributed by atoms with E-state index in [1.54, 1.807) is 20.8 Å². The van der Waals surface area contributed by atoms with Gasteiger partial charge < -0.3 is 9.47 Å². The van der Waals surface area contributed by atoms with Gasteiger partial charge in [0.15, 0.2) is 5.78 Å². The molecule has 0 radical (unpaired) electrons. The molecule has 5 nitrogen and oxygen atoms in total. The van der Waals surface area contributed by atoms with Gasteiger partial charge >= 0.3 is 6.09 Å². The van der Waals surface area contributed by atoms with Crippen molar-refractivity contribution in [2.45, 2.75) is 39.4 Å². The summed E-state index contributed by atoms with van der Waals surface area (Å²) in [5.74, 6) is -0.102. The molecule has 0 aromatic rings. The molecule has 0 saturated carbocycles. The zero-order chi connectivity index (χ0) is 12.3. The third-order valence-corrected chi connectivity index (χ3v) is 2.03. The number of ketones is 1. The number of amides is 1. The van der Waals surface area contributed by atoms with Crippen molar-refractivity contribution in [3.8, 4) is 0 Å². The third-order valence-electron chi connectivity index (χ3n) is 2.03. The van der Waals surface area contributed by atoms with E-state index in [9.17, 15) is 9.59 Å². The number of rotatable bonds is 0. The van der Waals surface area contributed by atoms with E-state index in [0.717, 1.165) is 0 Å². The second kappa shape index (κ2) is 4.82. The number of ether oxygens (including phenoxy) is 2. The lowest BCUT2D eigenvalue weighted by Crippen LogP contribution is -2.41. The molecule has 1 amide bonds. The molecule has 0 N–H and O–H groups in total. The maximum Gasteiger partial charge on any atom is 0.410 e. The van der Waals surface area contributed by atoms with Crippen LogP contribution in [0, 0.1) is 0 Å². The molecule has 1 aliphatic heterocycles.